The number of benzene rings is 2. The Bertz CT molecular complexity index is 1150. The molecule has 0 aliphatic heterocycles. The fourth-order valence-electron chi connectivity index (χ4n) is 3.72. The summed E-state index contributed by atoms with van der Waals surface area (Å²) in [6.45, 7) is 10.1. The summed E-state index contributed by atoms with van der Waals surface area (Å²) in [5.74, 6) is 0.142. The van der Waals surface area contributed by atoms with Crippen LogP contribution in [-0.4, -0.2) is 56.1 Å². The molecule has 2 rings (SSSR count). The van der Waals surface area contributed by atoms with E-state index >= 15 is 0 Å². The topological polar surface area (TPSA) is 96.0 Å². The molecule has 0 heterocycles. The number of carbonyl (C=O) groups is 2. The van der Waals surface area contributed by atoms with E-state index in [4.69, 9.17) is 16.3 Å². The van der Waals surface area contributed by atoms with E-state index in [1.54, 1.807) is 43.3 Å². The largest absolute Gasteiger partial charge is 0.494 e. The Morgan fingerprint density at radius 3 is 2.16 bits per heavy atom. The molecule has 2 aromatic rings. The van der Waals surface area contributed by atoms with Gasteiger partial charge in [-0.2, -0.15) is 0 Å². The van der Waals surface area contributed by atoms with Crippen LogP contribution < -0.4 is 14.4 Å². The minimum atomic E-state index is -3.57. The minimum absolute atomic E-state index is 0.0732. The third-order valence-electron chi connectivity index (χ3n) is 5.52. The first-order valence-corrected chi connectivity index (χ1v) is 14.5. The van der Waals surface area contributed by atoms with Crippen molar-refractivity contribution in [1.29, 1.82) is 0 Å². The van der Waals surface area contributed by atoms with Gasteiger partial charge in [0.2, 0.25) is 21.8 Å². The van der Waals surface area contributed by atoms with Gasteiger partial charge in [-0.1, -0.05) is 23.7 Å². The molecule has 0 unspecified atom stereocenters. The molecule has 0 saturated carbocycles. The van der Waals surface area contributed by atoms with Crippen molar-refractivity contribution in [2.45, 2.75) is 65.6 Å². The number of carbonyl (C=O) groups excluding carboxylic acids is 2. The number of anilines is 1. The van der Waals surface area contributed by atoms with Gasteiger partial charge in [-0.05, 0) is 83.0 Å². The number of nitrogens with one attached hydrogen (secondary N) is 1. The predicted molar refractivity (Wildman–Crippen MR) is 148 cm³/mol. The number of nitrogens with zero attached hydrogens (tertiary/aromatic N) is 2. The molecule has 0 aliphatic carbocycles. The average Bonchev–Trinajstić information content (AvgIpc) is 2.80. The van der Waals surface area contributed by atoms with Gasteiger partial charge in [-0.3, -0.25) is 13.9 Å². The van der Waals surface area contributed by atoms with Gasteiger partial charge in [0.05, 0.1) is 18.6 Å². The van der Waals surface area contributed by atoms with Crippen LogP contribution >= 0.6 is 11.6 Å². The molecule has 1 atom stereocenters. The molecule has 0 radical (unpaired) electrons. The van der Waals surface area contributed by atoms with Crippen LogP contribution in [0, 0.1) is 0 Å². The molecule has 0 fully saturated rings. The van der Waals surface area contributed by atoms with Crippen LogP contribution in [0.3, 0.4) is 0 Å². The van der Waals surface area contributed by atoms with Crippen LogP contribution in [0.5, 0.6) is 5.75 Å². The highest BCUT2D eigenvalue weighted by Crippen LogP contribution is 2.23. The third kappa shape index (κ3) is 9.89. The van der Waals surface area contributed by atoms with Crippen molar-refractivity contribution < 1.29 is 22.7 Å². The van der Waals surface area contributed by atoms with E-state index in [0.29, 0.717) is 23.1 Å². The maximum absolute atomic E-state index is 13.3. The zero-order chi connectivity index (χ0) is 27.8. The molecular formula is C27H38ClN3O5S. The number of amides is 2. The number of rotatable bonds is 12. The number of ether oxygens (including phenoxy) is 1. The normalized spacial score (nSPS) is 12.5. The summed E-state index contributed by atoms with van der Waals surface area (Å²) in [7, 11) is -3.57. The van der Waals surface area contributed by atoms with Crippen molar-refractivity contribution >= 4 is 39.1 Å². The second-order valence-corrected chi connectivity index (χ2v) is 12.3. The number of hydrogen-bond donors (Lipinski definition) is 1. The molecule has 0 aliphatic rings. The van der Waals surface area contributed by atoms with Crippen LogP contribution in [0.15, 0.2) is 48.5 Å². The van der Waals surface area contributed by atoms with Gasteiger partial charge < -0.3 is 15.0 Å². The van der Waals surface area contributed by atoms with Gasteiger partial charge in [-0.25, -0.2) is 8.42 Å². The van der Waals surface area contributed by atoms with Gasteiger partial charge in [0.15, 0.2) is 0 Å². The summed E-state index contributed by atoms with van der Waals surface area (Å²) in [6, 6.07) is 13.2. The Morgan fingerprint density at radius 2 is 1.65 bits per heavy atom. The monoisotopic (exact) mass is 551 g/mol. The maximum Gasteiger partial charge on any atom is 0.242 e. The zero-order valence-electron chi connectivity index (χ0n) is 22.5. The second-order valence-electron chi connectivity index (χ2n) is 9.93. The maximum atomic E-state index is 13.3. The summed E-state index contributed by atoms with van der Waals surface area (Å²) < 4.78 is 31.7. The van der Waals surface area contributed by atoms with Crippen LogP contribution in [0.2, 0.25) is 5.02 Å². The van der Waals surface area contributed by atoms with Gasteiger partial charge in [0, 0.05) is 30.1 Å². The highest BCUT2D eigenvalue weighted by molar-refractivity contribution is 7.92. The highest BCUT2D eigenvalue weighted by atomic mass is 35.5. The van der Waals surface area contributed by atoms with Crippen molar-refractivity contribution in [3.63, 3.8) is 0 Å². The lowest BCUT2D eigenvalue weighted by Gasteiger charge is -2.32. The lowest BCUT2D eigenvalue weighted by molar-refractivity contribution is -0.141. The van der Waals surface area contributed by atoms with E-state index in [0.717, 1.165) is 11.8 Å². The van der Waals surface area contributed by atoms with E-state index in [1.165, 1.54) is 9.21 Å². The Morgan fingerprint density at radius 1 is 1.05 bits per heavy atom. The number of halogens is 1. The van der Waals surface area contributed by atoms with E-state index in [9.17, 15) is 18.0 Å². The van der Waals surface area contributed by atoms with Gasteiger partial charge in [0.1, 0.15) is 11.8 Å². The molecule has 0 bridgehead atoms. The first-order chi connectivity index (χ1) is 17.2. The van der Waals surface area contributed by atoms with E-state index in [2.05, 4.69) is 5.32 Å². The quantitative estimate of drug-likeness (QED) is 0.415. The van der Waals surface area contributed by atoms with Crippen LogP contribution in [0.25, 0.3) is 0 Å². The van der Waals surface area contributed by atoms with Crippen molar-refractivity contribution in [2.75, 3.05) is 23.7 Å². The summed E-state index contributed by atoms with van der Waals surface area (Å²) in [5.41, 5.74) is 0.878. The van der Waals surface area contributed by atoms with Crippen LogP contribution in [-0.2, 0) is 26.2 Å². The van der Waals surface area contributed by atoms with Crippen molar-refractivity contribution in [2.24, 2.45) is 0 Å². The van der Waals surface area contributed by atoms with Crippen LogP contribution in [0.4, 0.5) is 5.69 Å². The van der Waals surface area contributed by atoms with Gasteiger partial charge in [0.25, 0.3) is 0 Å². The smallest absolute Gasteiger partial charge is 0.242 e. The SMILES string of the molecule is CCOc1ccc(N(CCCC(=O)N(Cc2ccc(Cl)cc2)[C@H](C)C(=O)NC(C)(C)C)S(C)(=O)=O)cc1. The molecule has 0 spiro atoms. The molecule has 0 aromatic heterocycles. The highest BCUT2D eigenvalue weighted by Gasteiger charge is 2.28. The number of hydrogen-bond acceptors (Lipinski definition) is 5. The summed E-state index contributed by atoms with van der Waals surface area (Å²) >= 11 is 6.00. The lowest BCUT2D eigenvalue weighted by Crippen LogP contribution is -2.52. The Labute approximate surface area is 226 Å². The molecule has 2 amide bonds. The summed E-state index contributed by atoms with van der Waals surface area (Å²) in [5, 5.41) is 3.51. The zero-order valence-corrected chi connectivity index (χ0v) is 24.0. The molecule has 2 aromatic carbocycles. The lowest BCUT2D eigenvalue weighted by atomic mass is 10.1. The Hall–Kier alpha value is -2.78. The van der Waals surface area contributed by atoms with Gasteiger partial charge in [-0.15, -0.1) is 0 Å². The standard InChI is InChI=1S/C27H38ClN3O5S/c1-7-36-24-16-14-23(15-17-24)31(37(6,34)35)18-8-9-25(32)30(19-21-10-12-22(28)13-11-21)20(2)26(33)29-27(3,4)5/h10-17,20H,7-9,18-19H2,1-6H3,(H,29,33)/t20-/m1/s1. The first-order valence-electron chi connectivity index (χ1n) is 12.3. The molecule has 8 nitrogen and oxygen atoms in total. The van der Waals surface area contributed by atoms with Crippen molar-refractivity contribution in [3.05, 3.63) is 59.1 Å². The molecule has 37 heavy (non-hydrogen) atoms. The average molecular weight is 552 g/mol. The van der Waals surface area contributed by atoms with E-state index in [-0.39, 0.29) is 37.7 Å². The second kappa shape index (κ2) is 13.1. The van der Waals surface area contributed by atoms with Crippen LogP contribution in [0.1, 0.15) is 53.0 Å². The predicted octanol–water partition coefficient (Wildman–Crippen LogP) is 4.62. The minimum Gasteiger partial charge on any atom is -0.494 e. The first kappa shape index (κ1) is 30.4. The third-order valence-corrected chi connectivity index (χ3v) is 6.97. The fourth-order valence-corrected chi connectivity index (χ4v) is 4.81. The van der Waals surface area contributed by atoms with E-state index < -0.39 is 21.6 Å². The van der Waals surface area contributed by atoms with Crippen molar-refractivity contribution in [3.8, 4) is 5.75 Å². The summed E-state index contributed by atoms with van der Waals surface area (Å²) in [6.07, 6.45) is 1.49. The molecule has 0 saturated heterocycles. The summed E-state index contributed by atoms with van der Waals surface area (Å²) in [4.78, 5) is 27.8. The Balaban J connectivity index is 2.17. The van der Waals surface area contributed by atoms with Gasteiger partial charge >= 0.3 is 0 Å². The van der Waals surface area contributed by atoms with Crippen molar-refractivity contribution in [1.82, 2.24) is 10.2 Å². The number of sulfonamides is 1. The van der Waals surface area contributed by atoms with E-state index in [1.807, 2.05) is 39.8 Å². The molecule has 10 heteroatoms. The molecular weight excluding hydrogens is 514 g/mol. The Kier molecular flexibility index (Phi) is 10.8. The fraction of sp³-hybridized carbons (Fsp3) is 0.481. The molecule has 1 N–H and O–H groups in total. The molecule has 204 valence electrons.